The molecule has 2 unspecified atom stereocenters. The quantitative estimate of drug-likeness (QED) is 0.496. The lowest BCUT2D eigenvalue weighted by Gasteiger charge is -2.07. The summed E-state index contributed by atoms with van der Waals surface area (Å²) in [6.07, 6.45) is 0.776. The van der Waals surface area contributed by atoms with Crippen molar-refractivity contribution < 1.29 is 21.7 Å². The third-order valence-electron chi connectivity index (χ3n) is 0.889. The Labute approximate surface area is 77.4 Å². The number of nitrogens with zero attached hydrogens (tertiary/aromatic N) is 1. The van der Waals surface area contributed by atoms with Gasteiger partial charge in [0.25, 0.3) is 10.1 Å². The second-order valence-electron chi connectivity index (χ2n) is 2.06. The molecule has 0 bridgehead atoms. The van der Waals surface area contributed by atoms with E-state index in [9.17, 15) is 13.0 Å². The van der Waals surface area contributed by atoms with Crippen molar-refractivity contribution in [2.45, 2.75) is 12.8 Å². The molecule has 0 saturated heterocycles. The Balaban J connectivity index is 4.38. The lowest BCUT2D eigenvalue weighted by Crippen LogP contribution is -2.12. The minimum Gasteiger partial charge on any atom is -0.328 e. The van der Waals surface area contributed by atoms with Crippen molar-refractivity contribution in [3.05, 3.63) is 0 Å². The molecule has 6 nitrogen and oxygen atoms in total. The summed E-state index contributed by atoms with van der Waals surface area (Å²) < 4.78 is 40.9. The molecule has 0 fully saturated rings. The van der Waals surface area contributed by atoms with Crippen LogP contribution in [0.15, 0.2) is 0 Å². The monoisotopic (exact) mass is 227 g/mol. The van der Waals surface area contributed by atoms with Crippen LogP contribution in [0.25, 0.3) is 0 Å². The minimum absolute atomic E-state index is 0.142. The average Bonchev–Trinajstić information content (AvgIpc) is 1.99. The van der Waals surface area contributed by atoms with Gasteiger partial charge in [-0.15, -0.1) is 0 Å². The lowest BCUT2D eigenvalue weighted by atomic mass is 10.8. The fraction of sp³-hybridized carbons (Fsp3) is 0.800. The largest absolute Gasteiger partial charge is 0.328 e. The summed E-state index contributed by atoms with van der Waals surface area (Å²) in [7, 11) is -6.55. The summed E-state index contributed by atoms with van der Waals surface area (Å²) >= 11 is 0. The predicted molar refractivity (Wildman–Crippen MR) is 46.0 cm³/mol. The molecule has 13 heavy (non-hydrogen) atoms. The van der Waals surface area contributed by atoms with E-state index in [2.05, 4.69) is 8.71 Å². The van der Waals surface area contributed by atoms with E-state index in [1.165, 1.54) is 6.07 Å². The molecule has 0 saturated carbocycles. The van der Waals surface area contributed by atoms with Gasteiger partial charge in [0, 0.05) is 0 Å². The highest BCUT2D eigenvalue weighted by Crippen LogP contribution is 2.30. The number of hydrogen-bond acceptors (Lipinski definition) is 6. The Bertz CT molecular complexity index is 318. The molecule has 0 radical (unpaired) electrons. The second kappa shape index (κ2) is 5.35. The van der Waals surface area contributed by atoms with Gasteiger partial charge < -0.3 is 4.52 Å². The highest BCUT2D eigenvalue weighted by molar-refractivity contribution is 7.86. The molecular weight excluding hydrogens is 217 g/mol. The zero-order chi connectivity index (χ0) is 10.5. The maximum Gasteiger partial charge on any atom is 0.266 e. The Kier molecular flexibility index (Phi) is 5.18. The van der Waals surface area contributed by atoms with Crippen molar-refractivity contribution in [1.82, 2.24) is 0 Å². The van der Waals surface area contributed by atoms with Crippen molar-refractivity contribution in [3.8, 4) is 6.07 Å². The van der Waals surface area contributed by atoms with Crippen LogP contribution in [-0.2, 0) is 23.4 Å². The highest BCUT2D eigenvalue weighted by Gasteiger charge is 2.21. The number of rotatable bonds is 5. The molecule has 0 aromatic carbocycles. The Hall–Kier alpha value is -0.410. The third kappa shape index (κ3) is 5.77. The van der Waals surface area contributed by atoms with Crippen molar-refractivity contribution in [2.24, 2.45) is 0 Å². The van der Waals surface area contributed by atoms with E-state index in [0.29, 0.717) is 0 Å². The van der Waals surface area contributed by atoms with E-state index in [0.717, 1.165) is 6.26 Å². The smallest absolute Gasteiger partial charge is 0.266 e. The summed E-state index contributed by atoms with van der Waals surface area (Å²) in [4.78, 5) is 0. The van der Waals surface area contributed by atoms with Crippen molar-refractivity contribution in [1.29, 1.82) is 5.26 Å². The molecule has 0 aliphatic rings. The predicted octanol–water partition coefficient (Wildman–Crippen LogP) is 0.323. The molecule has 2 atom stereocenters. The fourth-order valence-electron chi connectivity index (χ4n) is 0.506. The van der Waals surface area contributed by atoms with Crippen LogP contribution in [0.4, 0.5) is 0 Å². The molecule has 0 rings (SSSR count). The van der Waals surface area contributed by atoms with Crippen molar-refractivity contribution in [3.63, 3.8) is 0 Å². The first-order valence-electron chi connectivity index (χ1n) is 3.35. The van der Waals surface area contributed by atoms with Gasteiger partial charge in [0.15, 0.2) is 0 Å². The number of nitriles is 1. The maximum atomic E-state index is 11.0. The minimum atomic E-state index is -3.78. The van der Waals surface area contributed by atoms with Crippen molar-refractivity contribution in [2.75, 3.05) is 12.9 Å². The fourth-order valence-corrected chi connectivity index (χ4v) is 2.28. The van der Waals surface area contributed by atoms with Crippen LogP contribution in [0.2, 0.25) is 0 Å². The van der Waals surface area contributed by atoms with Gasteiger partial charge in [0.05, 0.1) is 12.9 Å². The van der Waals surface area contributed by atoms with Crippen LogP contribution in [0.1, 0.15) is 6.92 Å². The normalized spacial score (nSPS) is 16.1. The summed E-state index contributed by atoms with van der Waals surface area (Å²) in [5, 5.41) is 8.39. The van der Waals surface area contributed by atoms with Gasteiger partial charge in [-0.3, -0.25) is 4.57 Å². The van der Waals surface area contributed by atoms with Crippen LogP contribution >= 0.6 is 8.03 Å². The second-order valence-corrected chi connectivity index (χ2v) is 5.11. The van der Waals surface area contributed by atoms with Crippen LogP contribution in [0.3, 0.4) is 0 Å². The van der Waals surface area contributed by atoms with Gasteiger partial charge in [-0.05, 0) is 6.92 Å². The first-order valence-corrected chi connectivity index (χ1v) is 6.56. The summed E-state index contributed by atoms with van der Waals surface area (Å²) in [5.74, 6) is -1.53. The van der Waals surface area contributed by atoms with Crippen molar-refractivity contribution >= 4 is 18.1 Å². The molecule has 0 aromatic rings. The molecule has 0 amide bonds. The third-order valence-corrected chi connectivity index (χ3v) is 2.85. The van der Waals surface area contributed by atoms with E-state index < -0.39 is 24.0 Å². The zero-order valence-corrected chi connectivity index (χ0v) is 9.00. The van der Waals surface area contributed by atoms with Gasteiger partial charge in [-0.1, -0.05) is 0 Å². The average molecular weight is 227 g/mol. The van der Waals surface area contributed by atoms with Gasteiger partial charge >= 0.3 is 0 Å². The standard InChI is InChI=1S/C5H10NO5PS/c1-3-10-12(7)5(4-6)11-13(2,8)9/h5,12H,3H2,1-2H3. The first kappa shape index (κ1) is 12.6. The maximum absolute atomic E-state index is 11.0. The van der Waals surface area contributed by atoms with Gasteiger partial charge in [0.1, 0.15) is 6.07 Å². The Morgan fingerprint density at radius 2 is 2.15 bits per heavy atom. The van der Waals surface area contributed by atoms with E-state index in [4.69, 9.17) is 5.26 Å². The summed E-state index contributed by atoms with van der Waals surface area (Å²) in [5.41, 5.74) is 0. The topological polar surface area (TPSA) is 93.5 Å². The van der Waals surface area contributed by atoms with Gasteiger partial charge in [0.2, 0.25) is 13.9 Å². The Morgan fingerprint density at radius 3 is 2.46 bits per heavy atom. The van der Waals surface area contributed by atoms with Crippen LogP contribution < -0.4 is 0 Å². The van der Waals surface area contributed by atoms with E-state index in [1.807, 2.05) is 0 Å². The molecule has 0 heterocycles. The summed E-state index contributed by atoms with van der Waals surface area (Å²) in [6, 6.07) is 1.45. The Morgan fingerprint density at radius 1 is 1.62 bits per heavy atom. The van der Waals surface area contributed by atoms with Crippen LogP contribution in [0, 0.1) is 11.3 Å². The molecule has 0 spiro atoms. The zero-order valence-electron chi connectivity index (χ0n) is 7.18. The first-order chi connectivity index (χ1) is 5.90. The molecule has 0 aliphatic heterocycles. The lowest BCUT2D eigenvalue weighted by molar-refractivity contribution is 0.281. The molecular formula is C5H10NO5PS. The summed E-state index contributed by atoms with van der Waals surface area (Å²) in [6.45, 7) is 1.72. The van der Waals surface area contributed by atoms with E-state index in [-0.39, 0.29) is 6.61 Å². The molecule has 76 valence electrons. The van der Waals surface area contributed by atoms with E-state index >= 15 is 0 Å². The van der Waals surface area contributed by atoms with Crippen LogP contribution in [0.5, 0.6) is 0 Å². The molecule has 0 aliphatic carbocycles. The molecule has 8 heteroatoms. The van der Waals surface area contributed by atoms with Gasteiger partial charge in [-0.25, -0.2) is 4.18 Å². The highest BCUT2D eigenvalue weighted by atomic mass is 32.2. The SMILES string of the molecule is CCO[PH](=O)C(C#N)OS(C)(=O)=O. The van der Waals surface area contributed by atoms with E-state index in [1.54, 1.807) is 6.92 Å². The van der Waals surface area contributed by atoms with Gasteiger partial charge in [-0.2, -0.15) is 13.7 Å². The number of hydrogen-bond donors (Lipinski definition) is 0. The molecule has 0 N–H and O–H groups in total. The molecule has 0 aromatic heterocycles. The van der Waals surface area contributed by atoms with Crippen LogP contribution in [-0.4, -0.2) is 27.1 Å².